The van der Waals surface area contributed by atoms with Gasteiger partial charge in [0.15, 0.2) is 0 Å². The van der Waals surface area contributed by atoms with Crippen LogP contribution in [0, 0.1) is 22.9 Å². The molecule has 2 rings (SSSR count). The predicted octanol–water partition coefficient (Wildman–Crippen LogP) is 3.99. The molecule has 0 atom stereocenters. The molecule has 1 aromatic heterocycles. The summed E-state index contributed by atoms with van der Waals surface area (Å²) in [4.78, 5) is 14.2. The fraction of sp³-hybridized carbons (Fsp3) is 0.0833. The summed E-state index contributed by atoms with van der Waals surface area (Å²) in [5.74, 6) is -0.546. The molecule has 98 valence electrons. The number of rotatable bonds is 3. The van der Waals surface area contributed by atoms with Gasteiger partial charge in [0.2, 0.25) is 0 Å². The maximum atomic E-state index is 13.2. The molecule has 0 spiro atoms. The summed E-state index contributed by atoms with van der Waals surface area (Å²) in [5, 5.41) is 10.9. The zero-order chi connectivity index (χ0) is 14.0. The van der Waals surface area contributed by atoms with Crippen molar-refractivity contribution in [3.8, 4) is 11.6 Å². The second-order valence-corrected chi connectivity index (χ2v) is 4.66. The Kier molecular flexibility index (Phi) is 3.75. The average Bonchev–Trinajstić information content (AvgIpc) is 2.26. The highest BCUT2D eigenvalue weighted by molar-refractivity contribution is 9.10. The Bertz CT molecular complexity index is 629. The Morgan fingerprint density at radius 1 is 1.37 bits per heavy atom. The van der Waals surface area contributed by atoms with Gasteiger partial charge in [-0.2, -0.15) is 0 Å². The molecule has 19 heavy (non-hydrogen) atoms. The Labute approximate surface area is 116 Å². The quantitative estimate of drug-likeness (QED) is 0.631. The van der Waals surface area contributed by atoms with E-state index in [9.17, 15) is 14.5 Å². The van der Waals surface area contributed by atoms with Gasteiger partial charge in [-0.3, -0.25) is 10.1 Å². The summed E-state index contributed by atoms with van der Waals surface area (Å²) >= 11 is 3.11. The standard InChI is InChI=1S/C12H8BrFN2O3/c1-7-2-3-11(16(17)18)12(15-7)19-10-5-8(13)4-9(14)6-10/h2-6H,1H3. The highest BCUT2D eigenvalue weighted by Gasteiger charge is 2.18. The van der Waals surface area contributed by atoms with Gasteiger partial charge in [0.05, 0.1) is 4.92 Å². The van der Waals surface area contributed by atoms with Gasteiger partial charge in [-0.1, -0.05) is 15.9 Å². The van der Waals surface area contributed by atoms with Gasteiger partial charge < -0.3 is 4.74 Å². The van der Waals surface area contributed by atoms with Crippen LogP contribution >= 0.6 is 15.9 Å². The molecule has 1 aromatic carbocycles. The molecular weight excluding hydrogens is 319 g/mol. The van der Waals surface area contributed by atoms with Gasteiger partial charge in [0.1, 0.15) is 11.6 Å². The molecular formula is C12H8BrFN2O3. The summed E-state index contributed by atoms with van der Waals surface area (Å²) in [7, 11) is 0. The third-order valence-corrected chi connectivity index (χ3v) is 2.68. The Hall–Kier alpha value is -2.02. The molecule has 0 radical (unpaired) electrons. The largest absolute Gasteiger partial charge is 0.434 e. The Morgan fingerprint density at radius 2 is 2.11 bits per heavy atom. The van der Waals surface area contributed by atoms with E-state index in [1.165, 1.54) is 24.3 Å². The third kappa shape index (κ3) is 3.25. The maximum absolute atomic E-state index is 13.2. The van der Waals surface area contributed by atoms with Crippen LogP contribution in [0.3, 0.4) is 0 Å². The summed E-state index contributed by atoms with van der Waals surface area (Å²) in [6.45, 7) is 1.68. The molecule has 0 fully saturated rings. The number of nitro groups is 1. The molecule has 0 saturated carbocycles. The summed E-state index contributed by atoms with van der Waals surface area (Å²) in [6, 6.07) is 6.68. The molecule has 0 aliphatic carbocycles. The number of aromatic nitrogens is 1. The SMILES string of the molecule is Cc1ccc([N+](=O)[O-])c(Oc2cc(F)cc(Br)c2)n1. The highest BCUT2D eigenvalue weighted by atomic mass is 79.9. The third-order valence-electron chi connectivity index (χ3n) is 2.23. The average molecular weight is 327 g/mol. The normalized spacial score (nSPS) is 10.3. The van der Waals surface area contributed by atoms with E-state index in [0.29, 0.717) is 10.2 Å². The first kappa shape index (κ1) is 13.4. The lowest BCUT2D eigenvalue weighted by Crippen LogP contribution is -1.97. The number of benzene rings is 1. The van der Waals surface area contributed by atoms with E-state index in [-0.39, 0.29) is 17.3 Å². The first-order valence-electron chi connectivity index (χ1n) is 5.21. The first-order chi connectivity index (χ1) is 8.95. The monoisotopic (exact) mass is 326 g/mol. The molecule has 2 aromatic rings. The lowest BCUT2D eigenvalue weighted by molar-refractivity contribution is -0.386. The van der Waals surface area contributed by atoms with Crippen molar-refractivity contribution >= 4 is 21.6 Å². The fourth-order valence-electron chi connectivity index (χ4n) is 1.44. The molecule has 5 nitrogen and oxygen atoms in total. The van der Waals surface area contributed by atoms with Crippen LogP contribution in [0.5, 0.6) is 11.6 Å². The van der Waals surface area contributed by atoms with E-state index < -0.39 is 10.7 Å². The van der Waals surface area contributed by atoms with Crippen LogP contribution < -0.4 is 4.74 Å². The van der Waals surface area contributed by atoms with Gasteiger partial charge >= 0.3 is 5.69 Å². The van der Waals surface area contributed by atoms with Crippen molar-refractivity contribution in [3.05, 3.63) is 56.4 Å². The van der Waals surface area contributed by atoms with Crippen LogP contribution in [0.4, 0.5) is 10.1 Å². The van der Waals surface area contributed by atoms with Crippen LogP contribution in [0.25, 0.3) is 0 Å². The molecule has 0 aliphatic heterocycles. The number of hydrogen-bond donors (Lipinski definition) is 0. The van der Waals surface area contributed by atoms with Crippen LogP contribution in [0.2, 0.25) is 0 Å². The van der Waals surface area contributed by atoms with Crippen LogP contribution in [0.1, 0.15) is 5.69 Å². The zero-order valence-corrected chi connectivity index (χ0v) is 11.3. The number of nitrogens with zero attached hydrogens (tertiary/aromatic N) is 2. The minimum atomic E-state index is -0.601. The molecule has 0 unspecified atom stereocenters. The number of aryl methyl sites for hydroxylation is 1. The maximum Gasteiger partial charge on any atom is 0.331 e. The van der Waals surface area contributed by atoms with Gasteiger partial charge in [-0.05, 0) is 25.1 Å². The van der Waals surface area contributed by atoms with Crippen LogP contribution in [-0.2, 0) is 0 Å². The molecule has 0 N–H and O–H groups in total. The number of hydrogen-bond acceptors (Lipinski definition) is 4. The van der Waals surface area contributed by atoms with Crippen LogP contribution in [0.15, 0.2) is 34.8 Å². The van der Waals surface area contributed by atoms with Gasteiger partial charge in [-0.25, -0.2) is 9.37 Å². The second-order valence-electron chi connectivity index (χ2n) is 3.74. The van der Waals surface area contributed by atoms with Crippen molar-refractivity contribution in [1.82, 2.24) is 4.98 Å². The van der Waals surface area contributed by atoms with Gasteiger partial charge in [-0.15, -0.1) is 0 Å². The zero-order valence-electron chi connectivity index (χ0n) is 9.76. The van der Waals surface area contributed by atoms with Crippen molar-refractivity contribution in [3.63, 3.8) is 0 Å². The van der Waals surface area contributed by atoms with Crippen molar-refractivity contribution in [2.24, 2.45) is 0 Å². The lowest BCUT2D eigenvalue weighted by atomic mass is 10.3. The summed E-state index contributed by atoms with van der Waals surface area (Å²) < 4.78 is 19.0. The van der Waals surface area contributed by atoms with E-state index in [1.54, 1.807) is 6.92 Å². The smallest absolute Gasteiger partial charge is 0.331 e. The van der Waals surface area contributed by atoms with E-state index in [2.05, 4.69) is 20.9 Å². The van der Waals surface area contributed by atoms with E-state index in [4.69, 9.17) is 4.74 Å². The number of halogens is 2. The summed E-state index contributed by atoms with van der Waals surface area (Å²) in [6.07, 6.45) is 0. The predicted molar refractivity (Wildman–Crippen MR) is 69.8 cm³/mol. The number of pyridine rings is 1. The molecule has 0 aliphatic rings. The van der Waals surface area contributed by atoms with Gasteiger partial charge in [0, 0.05) is 22.3 Å². The van der Waals surface area contributed by atoms with Gasteiger partial charge in [0.25, 0.3) is 5.88 Å². The Balaban J connectivity index is 2.42. The van der Waals surface area contributed by atoms with E-state index in [1.807, 2.05) is 0 Å². The first-order valence-corrected chi connectivity index (χ1v) is 6.01. The second kappa shape index (κ2) is 5.31. The van der Waals surface area contributed by atoms with E-state index in [0.717, 1.165) is 6.07 Å². The minimum Gasteiger partial charge on any atom is -0.434 e. The van der Waals surface area contributed by atoms with E-state index >= 15 is 0 Å². The molecule has 0 saturated heterocycles. The van der Waals surface area contributed by atoms with Crippen LogP contribution in [-0.4, -0.2) is 9.91 Å². The van der Waals surface area contributed by atoms with Crippen molar-refractivity contribution in [1.29, 1.82) is 0 Å². The molecule has 0 amide bonds. The van der Waals surface area contributed by atoms with Crippen molar-refractivity contribution in [2.45, 2.75) is 6.92 Å². The number of ether oxygens (including phenoxy) is 1. The molecule has 0 bridgehead atoms. The fourth-order valence-corrected chi connectivity index (χ4v) is 1.88. The minimum absolute atomic E-state index is 0.132. The highest BCUT2D eigenvalue weighted by Crippen LogP contribution is 2.31. The topological polar surface area (TPSA) is 65.3 Å². The summed E-state index contributed by atoms with van der Waals surface area (Å²) in [5.41, 5.74) is 0.294. The lowest BCUT2D eigenvalue weighted by Gasteiger charge is -2.06. The Morgan fingerprint density at radius 3 is 2.74 bits per heavy atom. The molecule has 7 heteroatoms. The molecule has 1 heterocycles. The van der Waals surface area contributed by atoms with Crippen molar-refractivity contribution in [2.75, 3.05) is 0 Å². The van der Waals surface area contributed by atoms with Crippen molar-refractivity contribution < 1.29 is 14.1 Å².